The van der Waals surface area contributed by atoms with Gasteiger partial charge in [-0.3, -0.25) is 9.59 Å². The van der Waals surface area contributed by atoms with E-state index in [1.165, 1.54) is 11.3 Å². The molecule has 24 heavy (non-hydrogen) atoms. The van der Waals surface area contributed by atoms with Crippen LogP contribution >= 0.6 is 22.9 Å². The molecule has 6 nitrogen and oxygen atoms in total. The first-order chi connectivity index (χ1) is 11.5. The van der Waals surface area contributed by atoms with Crippen molar-refractivity contribution in [3.8, 4) is 10.6 Å². The van der Waals surface area contributed by atoms with Crippen molar-refractivity contribution in [2.75, 3.05) is 13.1 Å². The number of likely N-dealkylation sites (tertiary alicyclic amines) is 1. The van der Waals surface area contributed by atoms with E-state index in [0.29, 0.717) is 23.1 Å². The van der Waals surface area contributed by atoms with E-state index >= 15 is 0 Å². The molecule has 2 fully saturated rings. The average Bonchev–Trinajstić information content (AvgIpc) is 3.28. The Hall–Kier alpha value is -1.86. The Kier molecular flexibility index (Phi) is 3.65. The number of aliphatic carboxylic acids is 1. The van der Waals surface area contributed by atoms with Crippen molar-refractivity contribution < 1.29 is 19.2 Å². The third-order valence-corrected chi connectivity index (χ3v) is 6.37. The topological polar surface area (TPSA) is 83.6 Å². The zero-order valence-electron chi connectivity index (χ0n) is 12.7. The fourth-order valence-corrected chi connectivity index (χ4v) is 4.89. The van der Waals surface area contributed by atoms with Gasteiger partial charge in [0.25, 0.3) is 5.91 Å². The lowest BCUT2D eigenvalue weighted by molar-refractivity contribution is -0.149. The van der Waals surface area contributed by atoms with Crippen LogP contribution in [-0.2, 0) is 4.79 Å². The van der Waals surface area contributed by atoms with Gasteiger partial charge in [-0.25, -0.2) is 0 Å². The molecule has 1 saturated carbocycles. The Balaban J connectivity index is 1.55. The van der Waals surface area contributed by atoms with E-state index in [0.717, 1.165) is 17.7 Å². The standard InChI is InChI=1S/C16H15ClN2O4S/c17-13-4-3-12(24-13)11-6-10(18-23-11)14(20)19-7-9-2-1-5-16(9,8-19)15(21)22/h3-4,6,9H,1-2,5,7-8H2,(H,21,22)/t9-,16+/m0/s1. The summed E-state index contributed by atoms with van der Waals surface area (Å²) >= 11 is 7.25. The number of carbonyl (C=O) groups excluding carboxylic acids is 1. The second-order valence-electron chi connectivity index (χ2n) is 6.42. The summed E-state index contributed by atoms with van der Waals surface area (Å²) in [6, 6.07) is 5.15. The Morgan fingerprint density at radius 2 is 2.29 bits per heavy atom. The van der Waals surface area contributed by atoms with Crippen LogP contribution in [0.2, 0.25) is 4.34 Å². The van der Waals surface area contributed by atoms with Crippen LogP contribution in [0.25, 0.3) is 10.6 Å². The fraction of sp³-hybridized carbons (Fsp3) is 0.438. The molecule has 1 saturated heterocycles. The first-order valence-electron chi connectivity index (χ1n) is 7.75. The van der Waals surface area contributed by atoms with Crippen LogP contribution in [0.1, 0.15) is 29.8 Å². The number of hydrogen-bond acceptors (Lipinski definition) is 5. The third kappa shape index (κ3) is 2.34. The van der Waals surface area contributed by atoms with Gasteiger partial charge < -0.3 is 14.5 Å². The van der Waals surface area contributed by atoms with Gasteiger partial charge in [0.05, 0.1) is 14.6 Å². The van der Waals surface area contributed by atoms with Crippen LogP contribution < -0.4 is 0 Å². The molecule has 126 valence electrons. The Morgan fingerprint density at radius 1 is 1.46 bits per heavy atom. The van der Waals surface area contributed by atoms with E-state index in [1.807, 2.05) is 0 Å². The molecule has 0 spiro atoms. The molecule has 2 aromatic rings. The van der Waals surface area contributed by atoms with Gasteiger partial charge in [-0.15, -0.1) is 11.3 Å². The highest BCUT2D eigenvalue weighted by molar-refractivity contribution is 7.19. The molecule has 0 bridgehead atoms. The lowest BCUT2D eigenvalue weighted by atomic mass is 9.81. The zero-order chi connectivity index (χ0) is 16.9. The Bertz CT molecular complexity index is 817. The number of halogens is 1. The molecule has 1 N–H and O–H groups in total. The summed E-state index contributed by atoms with van der Waals surface area (Å²) in [5.74, 6) is -0.555. The maximum Gasteiger partial charge on any atom is 0.311 e. The number of fused-ring (bicyclic) bond motifs is 1. The second kappa shape index (κ2) is 5.60. The minimum Gasteiger partial charge on any atom is -0.481 e. The summed E-state index contributed by atoms with van der Waals surface area (Å²) in [6.45, 7) is 0.719. The highest BCUT2D eigenvalue weighted by Crippen LogP contribution is 2.49. The van der Waals surface area contributed by atoms with Crippen LogP contribution in [-0.4, -0.2) is 40.1 Å². The fourth-order valence-electron chi connectivity index (χ4n) is 3.89. The van der Waals surface area contributed by atoms with E-state index < -0.39 is 11.4 Å². The predicted octanol–water partition coefficient (Wildman–Crippen LogP) is 3.38. The molecule has 0 aromatic carbocycles. The number of carboxylic acid groups (broad SMARTS) is 1. The molecule has 1 aliphatic carbocycles. The largest absolute Gasteiger partial charge is 0.481 e. The van der Waals surface area contributed by atoms with Gasteiger partial charge in [-0.1, -0.05) is 23.2 Å². The number of carboxylic acids is 1. The minimum absolute atomic E-state index is 0.0291. The molecule has 1 amide bonds. The van der Waals surface area contributed by atoms with Crippen molar-refractivity contribution in [1.82, 2.24) is 10.1 Å². The van der Waals surface area contributed by atoms with Crippen LogP contribution in [0.4, 0.5) is 0 Å². The van der Waals surface area contributed by atoms with E-state index in [2.05, 4.69) is 5.16 Å². The number of nitrogens with zero attached hydrogens (tertiary/aromatic N) is 2. The molecule has 8 heteroatoms. The van der Waals surface area contributed by atoms with Crippen molar-refractivity contribution >= 4 is 34.8 Å². The Morgan fingerprint density at radius 3 is 2.96 bits per heavy atom. The van der Waals surface area contributed by atoms with Crippen molar-refractivity contribution in [3.63, 3.8) is 0 Å². The smallest absolute Gasteiger partial charge is 0.311 e. The van der Waals surface area contributed by atoms with Crippen molar-refractivity contribution in [1.29, 1.82) is 0 Å². The van der Waals surface area contributed by atoms with Gasteiger partial charge in [0.15, 0.2) is 11.5 Å². The summed E-state index contributed by atoms with van der Waals surface area (Å²) in [6.07, 6.45) is 2.40. The quantitative estimate of drug-likeness (QED) is 0.900. The van der Waals surface area contributed by atoms with Crippen LogP contribution in [0.5, 0.6) is 0 Å². The van der Waals surface area contributed by atoms with Gasteiger partial charge >= 0.3 is 5.97 Å². The molecule has 2 aliphatic rings. The highest BCUT2D eigenvalue weighted by Gasteiger charge is 2.56. The number of rotatable bonds is 3. The number of thiophene rings is 1. The van der Waals surface area contributed by atoms with Crippen molar-refractivity contribution in [2.45, 2.75) is 19.3 Å². The molecule has 3 heterocycles. The predicted molar refractivity (Wildman–Crippen MR) is 88.1 cm³/mol. The third-order valence-electron chi connectivity index (χ3n) is 5.13. The van der Waals surface area contributed by atoms with E-state index in [9.17, 15) is 14.7 Å². The van der Waals surface area contributed by atoms with Crippen LogP contribution in [0.15, 0.2) is 22.7 Å². The Labute approximate surface area is 147 Å². The lowest BCUT2D eigenvalue weighted by Crippen LogP contribution is -2.37. The van der Waals surface area contributed by atoms with E-state index in [1.54, 1.807) is 23.1 Å². The number of hydrogen-bond donors (Lipinski definition) is 1. The number of carbonyl (C=O) groups is 2. The van der Waals surface area contributed by atoms with Crippen LogP contribution in [0, 0.1) is 11.3 Å². The normalized spacial score (nSPS) is 25.9. The van der Waals surface area contributed by atoms with Crippen molar-refractivity contribution in [2.24, 2.45) is 11.3 Å². The first kappa shape index (κ1) is 15.7. The lowest BCUT2D eigenvalue weighted by Gasteiger charge is -2.22. The average molecular weight is 367 g/mol. The molecule has 0 unspecified atom stereocenters. The summed E-state index contributed by atoms with van der Waals surface area (Å²) in [5.41, 5.74) is -0.584. The highest BCUT2D eigenvalue weighted by atomic mass is 35.5. The zero-order valence-corrected chi connectivity index (χ0v) is 14.3. The molecule has 2 aromatic heterocycles. The van der Waals surface area contributed by atoms with E-state index in [-0.39, 0.29) is 24.1 Å². The van der Waals surface area contributed by atoms with Gasteiger partial charge in [-0.05, 0) is 30.9 Å². The van der Waals surface area contributed by atoms with Gasteiger partial charge in [-0.2, -0.15) is 0 Å². The van der Waals surface area contributed by atoms with E-state index in [4.69, 9.17) is 16.1 Å². The van der Waals surface area contributed by atoms with Gasteiger partial charge in [0, 0.05) is 19.2 Å². The molecule has 1 aliphatic heterocycles. The maximum atomic E-state index is 12.7. The summed E-state index contributed by atoms with van der Waals surface area (Å²) < 4.78 is 5.88. The number of amides is 1. The molecule has 0 radical (unpaired) electrons. The second-order valence-corrected chi connectivity index (χ2v) is 8.13. The molecular weight excluding hydrogens is 352 g/mol. The summed E-state index contributed by atoms with van der Waals surface area (Å²) in [4.78, 5) is 26.8. The maximum absolute atomic E-state index is 12.7. The summed E-state index contributed by atoms with van der Waals surface area (Å²) in [7, 11) is 0. The van der Waals surface area contributed by atoms with Gasteiger partial charge in [0.2, 0.25) is 0 Å². The number of aromatic nitrogens is 1. The van der Waals surface area contributed by atoms with Crippen molar-refractivity contribution in [3.05, 3.63) is 28.2 Å². The minimum atomic E-state index is -0.797. The van der Waals surface area contributed by atoms with Crippen LogP contribution in [0.3, 0.4) is 0 Å². The first-order valence-corrected chi connectivity index (χ1v) is 8.94. The molecule has 2 atom stereocenters. The monoisotopic (exact) mass is 366 g/mol. The van der Waals surface area contributed by atoms with Gasteiger partial charge in [0.1, 0.15) is 0 Å². The summed E-state index contributed by atoms with van der Waals surface area (Å²) in [5, 5.41) is 13.5. The molecular formula is C16H15ClN2O4S. The SMILES string of the molecule is O=C(c1cc(-c2ccc(Cl)s2)on1)N1C[C@@H]2CCC[C@@]2(C(=O)O)C1. The molecule has 4 rings (SSSR count).